The van der Waals surface area contributed by atoms with Crippen molar-refractivity contribution in [1.82, 2.24) is 0 Å². The second-order valence-electron chi connectivity index (χ2n) is 8.24. The Morgan fingerprint density at radius 1 is 0.667 bits per heavy atom. The van der Waals surface area contributed by atoms with Gasteiger partial charge in [0.2, 0.25) is 0 Å². The van der Waals surface area contributed by atoms with Gasteiger partial charge in [0, 0.05) is 6.42 Å². The summed E-state index contributed by atoms with van der Waals surface area (Å²) in [6.07, 6.45) is 12.8. The smallest absolute Gasteiger partial charge is 0.303 e. The Labute approximate surface area is 182 Å². The molecule has 2 aromatic carbocycles. The van der Waals surface area contributed by atoms with E-state index in [2.05, 4.69) is 31.2 Å². The molecule has 0 radical (unpaired) electrons. The fourth-order valence-electron chi connectivity index (χ4n) is 3.61. The number of hydrogen-bond acceptors (Lipinski definition) is 2. The van der Waals surface area contributed by atoms with Crippen molar-refractivity contribution in [3.05, 3.63) is 70.8 Å². The maximum absolute atomic E-state index is 10.6. The molecule has 164 valence electrons. The first kappa shape index (κ1) is 24.1. The number of ether oxygens (including phenoxy) is 1. The van der Waals surface area contributed by atoms with Gasteiger partial charge in [0.1, 0.15) is 0 Å². The van der Waals surface area contributed by atoms with Crippen molar-refractivity contribution in [3.8, 4) is 0 Å². The molecule has 2 aromatic rings. The van der Waals surface area contributed by atoms with E-state index >= 15 is 0 Å². The molecule has 0 aromatic heterocycles. The van der Waals surface area contributed by atoms with E-state index in [-0.39, 0.29) is 6.42 Å². The maximum Gasteiger partial charge on any atom is 0.303 e. The van der Waals surface area contributed by atoms with Crippen LogP contribution in [0.4, 0.5) is 0 Å². The zero-order valence-electron chi connectivity index (χ0n) is 18.6. The summed E-state index contributed by atoms with van der Waals surface area (Å²) in [4.78, 5) is 10.6. The summed E-state index contributed by atoms with van der Waals surface area (Å²) in [5, 5.41) is 8.75. The number of benzene rings is 2. The molecule has 0 fully saturated rings. The van der Waals surface area contributed by atoms with E-state index < -0.39 is 5.97 Å². The predicted octanol–water partition coefficient (Wildman–Crippen LogP) is 7.10. The van der Waals surface area contributed by atoms with Crippen molar-refractivity contribution in [3.63, 3.8) is 0 Å². The summed E-state index contributed by atoms with van der Waals surface area (Å²) in [7, 11) is 0. The highest BCUT2D eigenvalue weighted by molar-refractivity contribution is 5.67. The van der Waals surface area contributed by atoms with Crippen LogP contribution in [0, 0.1) is 0 Å². The number of rotatable bonds is 16. The molecule has 0 amide bonds. The van der Waals surface area contributed by atoms with Crippen LogP contribution in [-0.2, 0) is 35.6 Å². The van der Waals surface area contributed by atoms with Crippen molar-refractivity contribution in [2.45, 2.75) is 90.8 Å². The number of carboxylic acid groups (broad SMARTS) is 1. The summed E-state index contributed by atoms with van der Waals surface area (Å²) in [5.74, 6) is -0.758. The van der Waals surface area contributed by atoms with Crippen LogP contribution < -0.4 is 0 Å². The number of aliphatic carboxylic acids is 1. The van der Waals surface area contributed by atoms with Crippen LogP contribution in [0.1, 0.15) is 87.0 Å². The Kier molecular flexibility index (Phi) is 11.9. The van der Waals surface area contributed by atoms with Gasteiger partial charge in [-0.05, 0) is 41.5 Å². The first-order valence-corrected chi connectivity index (χ1v) is 11.6. The molecule has 0 spiro atoms. The molecule has 0 heterocycles. The van der Waals surface area contributed by atoms with E-state index in [4.69, 9.17) is 9.84 Å². The van der Waals surface area contributed by atoms with Crippen LogP contribution in [0.15, 0.2) is 48.5 Å². The quantitative estimate of drug-likeness (QED) is 0.300. The normalized spacial score (nSPS) is 11.0. The minimum absolute atomic E-state index is 0.172. The number of unbranched alkanes of at least 4 members (excludes halogenated alkanes) is 7. The first-order chi connectivity index (χ1) is 14.7. The van der Waals surface area contributed by atoms with Gasteiger partial charge in [0.25, 0.3) is 0 Å². The van der Waals surface area contributed by atoms with Gasteiger partial charge >= 0.3 is 5.97 Å². The van der Waals surface area contributed by atoms with Gasteiger partial charge < -0.3 is 9.84 Å². The van der Waals surface area contributed by atoms with E-state index in [0.717, 1.165) is 11.1 Å². The van der Waals surface area contributed by atoms with Crippen LogP contribution >= 0.6 is 0 Å². The van der Waals surface area contributed by atoms with Gasteiger partial charge in [-0.2, -0.15) is 0 Å². The fourth-order valence-corrected chi connectivity index (χ4v) is 3.61. The number of carboxylic acids is 1. The molecule has 0 aliphatic rings. The molecule has 1 N–H and O–H groups in total. The summed E-state index contributed by atoms with van der Waals surface area (Å²) in [6, 6.07) is 16.8. The third-order valence-electron chi connectivity index (χ3n) is 5.53. The second kappa shape index (κ2) is 14.8. The lowest BCUT2D eigenvalue weighted by Gasteiger charge is -2.07. The average Bonchev–Trinajstić information content (AvgIpc) is 2.76. The summed E-state index contributed by atoms with van der Waals surface area (Å²) < 4.78 is 5.84. The van der Waals surface area contributed by atoms with Crippen LogP contribution in [0.3, 0.4) is 0 Å². The molecule has 0 bridgehead atoms. The second-order valence-corrected chi connectivity index (χ2v) is 8.24. The number of carbonyl (C=O) groups is 1. The Hall–Kier alpha value is -2.13. The molecule has 0 saturated carbocycles. The van der Waals surface area contributed by atoms with E-state index in [9.17, 15) is 4.79 Å². The lowest BCUT2D eigenvalue weighted by Crippen LogP contribution is -1.98. The molecule has 2 rings (SSSR count). The molecule has 0 atom stereocenters. The highest BCUT2D eigenvalue weighted by atomic mass is 16.5. The number of aryl methyl sites for hydroxylation is 2. The van der Waals surface area contributed by atoms with Gasteiger partial charge in [0.15, 0.2) is 0 Å². The molecule has 3 nitrogen and oxygen atoms in total. The molecule has 30 heavy (non-hydrogen) atoms. The van der Waals surface area contributed by atoms with Gasteiger partial charge in [-0.25, -0.2) is 0 Å². The Morgan fingerprint density at radius 3 is 1.60 bits per heavy atom. The third kappa shape index (κ3) is 10.6. The Bertz CT molecular complexity index is 704. The topological polar surface area (TPSA) is 46.5 Å². The highest BCUT2D eigenvalue weighted by Crippen LogP contribution is 2.14. The highest BCUT2D eigenvalue weighted by Gasteiger charge is 2.01. The summed E-state index contributed by atoms with van der Waals surface area (Å²) in [6.45, 7) is 3.45. The molecule has 0 saturated heterocycles. The Balaban J connectivity index is 1.58. The van der Waals surface area contributed by atoms with Gasteiger partial charge in [-0.1, -0.05) is 100 Å². The molecule has 3 heteroatoms. The molecular weight excluding hydrogens is 372 g/mol. The number of hydrogen-bond donors (Lipinski definition) is 1. The van der Waals surface area contributed by atoms with Crippen molar-refractivity contribution < 1.29 is 14.6 Å². The average molecular weight is 411 g/mol. The lowest BCUT2D eigenvalue weighted by atomic mass is 10.0. The SMILES string of the molecule is CCCCCCCCCCc1ccc(COCc2ccc(CCC(=O)O)cc2)cc1. The zero-order chi connectivity index (χ0) is 21.4. The van der Waals surface area contributed by atoms with Crippen LogP contribution in [-0.4, -0.2) is 11.1 Å². The molecule has 0 unspecified atom stereocenters. The van der Waals surface area contributed by atoms with E-state index in [1.54, 1.807) is 0 Å². The van der Waals surface area contributed by atoms with Crippen LogP contribution in [0.2, 0.25) is 0 Å². The van der Waals surface area contributed by atoms with Crippen molar-refractivity contribution in [1.29, 1.82) is 0 Å². The van der Waals surface area contributed by atoms with Crippen LogP contribution in [0.5, 0.6) is 0 Å². The summed E-state index contributed by atoms with van der Waals surface area (Å²) >= 11 is 0. The summed E-state index contributed by atoms with van der Waals surface area (Å²) in [5.41, 5.74) is 4.78. The standard InChI is InChI=1S/C27H38O3/c1-2-3-4-5-6-7-8-9-10-23-11-15-25(16-12-23)21-30-22-26-17-13-24(14-18-26)19-20-27(28)29/h11-18H,2-10,19-22H2,1H3,(H,28,29). The monoisotopic (exact) mass is 410 g/mol. The lowest BCUT2D eigenvalue weighted by molar-refractivity contribution is -0.136. The first-order valence-electron chi connectivity index (χ1n) is 11.6. The molecular formula is C27H38O3. The third-order valence-corrected chi connectivity index (χ3v) is 5.53. The fraction of sp³-hybridized carbons (Fsp3) is 0.519. The van der Waals surface area contributed by atoms with Gasteiger partial charge in [0.05, 0.1) is 13.2 Å². The van der Waals surface area contributed by atoms with Crippen molar-refractivity contribution in [2.24, 2.45) is 0 Å². The van der Waals surface area contributed by atoms with E-state index in [1.807, 2.05) is 24.3 Å². The van der Waals surface area contributed by atoms with Crippen LogP contribution in [0.25, 0.3) is 0 Å². The van der Waals surface area contributed by atoms with Gasteiger partial charge in [-0.15, -0.1) is 0 Å². The minimum Gasteiger partial charge on any atom is -0.481 e. The van der Waals surface area contributed by atoms with E-state index in [1.165, 1.54) is 68.9 Å². The minimum atomic E-state index is -0.758. The predicted molar refractivity (Wildman–Crippen MR) is 124 cm³/mol. The Morgan fingerprint density at radius 2 is 1.10 bits per heavy atom. The molecule has 0 aliphatic carbocycles. The maximum atomic E-state index is 10.6. The van der Waals surface area contributed by atoms with E-state index in [0.29, 0.717) is 19.6 Å². The zero-order valence-corrected chi connectivity index (χ0v) is 18.6. The van der Waals surface area contributed by atoms with Gasteiger partial charge in [-0.3, -0.25) is 4.79 Å². The molecule has 0 aliphatic heterocycles. The van der Waals surface area contributed by atoms with Crippen molar-refractivity contribution >= 4 is 5.97 Å². The largest absolute Gasteiger partial charge is 0.481 e. The van der Waals surface area contributed by atoms with Crippen molar-refractivity contribution in [2.75, 3.05) is 0 Å².